The molecule has 1 heterocycles. The summed E-state index contributed by atoms with van der Waals surface area (Å²) < 4.78 is 0. The van der Waals surface area contributed by atoms with Gasteiger partial charge in [-0.2, -0.15) is 10.1 Å². The van der Waals surface area contributed by atoms with Gasteiger partial charge in [-0.3, -0.25) is 19.3 Å². The summed E-state index contributed by atoms with van der Waals surface area (Å²) in [5.41, 5.74) is 0. The second-order valence-corrected chi connectivity index (χ2v) is 2.01. The van der Waals surface area contributed by atoms with E-state index < -0.39 is 18.0 Å². The Kier molecular flexibility index (Phi) is 2.24. The monoisotopic (exact) mass is 175 g/mol. The Morgan fingerprint density at radius 2 is 1.83 bits per heavy atom. The van der Waals surface area contributed by atoms with E-state index in [1.54, 1.807) is 0 Å². The van der Waals surface area contributed by atoms with Crippen molar-refractivity contribution in [3.8, 4) is 0 Å². The summed E-state index contributed by atoms with van der Waals surface area (Å²) in [5, 5.41) is 8.01. The lowest BCUT2D eigenvalue weighted by atomic mass is 10.4. The molecule has 0 bridgehead atoms. The minimum Gasteiger partial charge on any atom is -0.293 e. The Hall–Kier alpha value is -1.63. The zero-order chi connectivity index (χ0) is 9.14. The van der Waals surface area contributed by atoms with Crippen LogP contribution in [0.2, 0.25) is 0 Å². The van der Waals surface area contributed by atoms with Crippen molar-refractivity contribution in [1.29, 1.82) is 0 Å². The van der Waals surface area contributed by atoms with Gasteiger partial charge in [-0.15, -0.1) is 0 Å². The molecule has 0 aromatic carbocycles. The average Bonchev–Trinajstić information content (AvgIpc) is 2.35. The van der Waals surface area contributed by atoms with Crippen LogP contribution < -0.4 is 0 Å². The zero-order valence-electron chi connectivity index (χ0n) is 5.85. The summed E-state index contributed by atoms with van der Waals surface area (Å²) in [5.74, 6) is -1.27. The highest BCUT2D eigenvalue weighted by atomic mass is 17.2. The van der Waals surface area contributed by atoms with E-state index >= 15 is 0 Å². The average molecular weight is 175 g/mol. The molecule has 0 unspecified atom stereocenters. The first-order valence-electron chi connectivity index (χ1n) is 3.04. The van der Waals surface area contributed by atoms with Crippen molar-refractivity contribution < 1.29 is 29.4 Å². The van der Waals surface area contributed by atoms with Crippen LogP contribution in [0.5, 0.6) is 0 Å². The first-order valence-corrected chi connectivity index (χ1v) is 3.04. The van der Waals surface area contributed by atoms with E-state index in [0.29, 0.717) is 0 Å². The van der Waals surface area contributed by atoms with Gasteiger partial charge in [0, 0.05) is 12.8 Å². The van der Waals surface area contributed by atoms with Crippen LogP contribution >= 0.6 is 0 Å². The van der Waals surface area contributed by atoms with Gasteiger partial charge in [0.2, 0.25) is 0 Å². The fraction of sp³-hybridized carbons (Fsp3) is 0.400. The molecule has 1 N–H and O–H groups in total. The van der Waals surface area contributed by atoms with E-state index in [1.807, 2.05) is 0 Å². The normalized spacial score (nSPS) is 16.6. The van der Waals surface area contributed by atoms with Crippen LogP contribution in [0.25, 0.3) is 0 Å². The Morgan fingerprint density at radius 1 is 1.33 bits per heavy atom. The molecular formula is C5H5NO6. The van der Waals surface area contributed by atoms with Gasteiger partial charge in [-0.1, -0.05) is 5.06 Å². The van der Waals surface area contributed by atoms with Gasteiger partial charge < -0.3 is 0 Å². The molecule has 0 aliphatic carbocycles. The molecule has 1 fully saturated rings. The maximum Gasteiger partial charge on any atom is 0.566 e. The van der Waals surface area contributed by atoms with Crippen molar-refractivity contribution in [3.05, 3.63) is 0 Å². The minimum absolute atomic E-state index is 0.00244. The van der Waals surface area contributed by atoms with E-state index in [1.165, 1.54) is 0 Å². The number of hydrogen-bond donors (Lipinski definition) is 1. The van der Waals surface area contributed by atoms with Crippen LogP contribution in [0.3, 0.4) is 0 Å². The van der Waals surface area contributed by atoms with Crippen LogP contribution in [0, 0.1) is 0 Å². The van der Waals surface area contributed by atoms with Crippen molar-refractivity contribution in [3.63, 3.8) is 0 Å². The molecule has 1 rings (SSSR count). The van der Waals surface area contributed by atoms with E-state index in [-0.39, 0.29) is 17.9 Å². The summed E-state index contributed by atoms with van der Waals surface area (Å²) in [7, 11) is 0. The smallest absolute Gasteiger partial charge is 0.293 e. The number of hydrogen-bond acceptors (Lipinski definition) is 6. The molecule has 0 aromatic heterocycles. The largest absolute Gasteiger partial charge is 0.566 e. The van der Waals surface area contributed by atoms with E-state index in [2.05, 4.69) is 9.73 Å². The van der Waals surface area contributed by atoms with Crippen LogP contribution in [0.15, 0.2) is 0 Å². The molecule has 0 saturated carbocycles. The summed E-state index contributed by atoms with van der Waals surface area (Å²) in [4.78, 5) is 38.8. The maximum atomic E-state index is 10.7. The Bertz CT molecular complexity index is 220. The molecule has 12 heavy (non-hydrogen) atoms. The highest BCUT2D eigenvalue weighted by Crippen LogP contribution is 2.12. The van der Waals surface area contributed by atoms with E-state index in [0.717, 1.165) is 0 Å². The molecular weight excluding hydrogens is 170 g/mol. The third-order valence-electron chi connectivity index (χ3n) is 1.25. The molecule has 1 aliphatic rings. The zero-order valence-corrected chi connectivity index (χ0v) is 5.85. The van der Waals surface area contributed by atoms with Gasteiger partial charge in [-0.25, -0.2) is 0 Å². The number of imide groups is 1. The molecule has 0 atom stereocenters. The fourth-order valence-electron chi connectivity index (χ4n) is 0.749. The topological polar surface area (TPSA) is 93.1 Å². The molecule has 0 spiro atoms. The number of amides is 2. The van der Waals surface area contributed by atoms with Gasteiger partial charge in [0.1, 0.15) is 0 Å². The van der Waals surface area contributed by atoms with Gasteiger partial charge in [-0.05, 0) is 0 Å². The van der Waals surface area contributed by atoms with Crippen LogP contribution in [-0.4, -0.2) is 28.3 Å². The SMILES string of the molecule is O=C(OO)ON1C(=O)CCC1=O. The molecule has 66 valence electrons. The van der Waals surface area contributed by atoms with Crippen molar-refractivity contribution in [2.75, 3.05) is 0 Å². The predicted molar refractivity (Wildman–Crippen MR) is 31.3 cm³/mol. The van der Waals surface area contributed by atoms with Crippen molar-refractivity contribution in [2.24, 2.45) is 0 Å². The first kappa shape index (κ1) is 8.47. The number of carbonyl (C=O) groups excluding carboxylic acids is 3. The molecule has 1 saturated heterocycles. The standard InChI is InChI=1S/C5H5NO6/c7-3-1-2-4(8)6(3)11-5(9)12-10/h10H,1-2H2. The number of nitrogens with zero attached hydrogens (tertiary/aromatic N) is 1. The number of rotatable bonds is 1. The molecule has 7 nitrogen and oxygen atoms in total. The lowest BCUT2D eigenvalue weighted by Gasteiger charge is -2.09. The number of hydroxylamine groups is 2. The minimum atomic E-state index is -1.52. The predicted octanol–water partition coefficient (Wildman–Crippen LogP) is -0.323. The third-order valence-corrected chi connectivity index (χ3v) is 1.25. The van der Waals surface area contributed by atoms with Gasteiger partial charge in [0.15, 0.2) is 0 Å². The summed E-state index contributed by atoms with van der Waals surface area (Å²) in [6.45, 7) is 0. The molecule has 0 radical (unpaired) electrons. The fourth-order valence-corrected chi connectivity index (χ4v) is 0.749. The highest BCUT2D eigenvalue weighted by Gasteiger charge is 2.33. The summed E-state index contributed by atoms with van der Waals surface area (Å²) in [6.07, 6.45) is -1.52. The van der Waals surface area contributed by atoms with Gasteiger partial charge in [0.25, 0.3) is 11.8 Å². The quantitative estimate of drug-likeness (QED) is 0.333. The maximum absolute atomic E-state index is 10.7. The van der Waals surface area contributed by atoms with Crippen LogP contribution in [-0.2, 0) is 19.3 Å². The Labute approximate surface area is 66.3 Å². The molecule has 2 amide bonds. The first-order chi connectivity index (χ1) is 5.65. The second kappa shape index (κ2) is 3.18. The number of carbonyl (C=O) groups is 3. The van der Waals surface area contributed by atoms with E-state index in [4.69, 9.17) is 5.26 Å². The lowest BCUT2D eigenvalue weighted by Crippen LogP contribution is -2.31. The molecule has 7 heteroatoms. The van der Waals surface area contributed by atoms with Gasteiger partial charge >= 0.3 is 6.16 Å². The second-order valence-electron chi connectivity index (χ2n) is 2.01. The Balaban J connectivity index is 2.56. The Morgan fingerprint density at radius 3 is 2.25 bits per heavy atom. The van der Waals surface area contributed by atoms with Crippen molar-refractivity contribution in [1.82, 2.24) is 5.06 Å². The van der Waals surface area contributed by atoms with E-state index in [9.17, 15) is 14.4 Å². The lowest BCUT2D eigenvalue weighted by molar-refractivity contribution is -0.231. The van der Waals surface area contributed by atoms with Crippen molar-refractivity contribution >= 4 is 18.0 Å². The van der Waals surface area contributed by atoms with Gasteiger partial charge in [0.05, 0.1) is 0 Å². The van der Waals surface area contributed by atoms with Crippen LogP contribution in [0.4, 0.5) is 4.79 Å². The van der Waals surface area contributed by atoms with Crippen molar-refractivity contribution in [2.45, 2.75) is 12.8 Å². The highest BCUT2D eigenvalue weighted by molar-refractivity contribution is 6.01. The van der Waals surface area contributed by atoms with Crippen LogP contribution in [0.1, 0.15) is 12.8 Å². The molecule has 0 aromatic rings. The molecule has 1 aliphatic heterocycles. The summed E-state index contributed by atoms with van der Waals surface area (Å²) in [6, 6.07) is 0. The third kappa shape index (κ3) is 1.51. The summed E-state index contributed by atoms with van der Waals surface area (Å²) >= 11 is 0.